The Labute approximate surface area is 84.6 Å². The van der Waals surface area contributed by atoms with Crippen molar-refractivity contribution in [3.05, 3.63) is 0 Å². The van der Waals surface area contributed by atoms with Crippen LogP contribution in [-0.2, 0) is 23.9 Å². The van der Waals surface area contributed by atoms with Gasteiger partial charge in [-0.1, -0.05) is 0 Å². The summed E-state index contributed by atoms with van der Waals surface area (Å²) in [4.78, 5) is 31.7. The van der Waals surface area contributed by atoms with Gasteiger partial charge in [-0.05, 0) is 0 Å². The summed E-state index contributed by atoms with van der Waals surface area (Å²) in [5.74, 6) is -1.98. The Kier molecular flexibility index (Phi) is 3.89. The summed E-state index contributed by atoms with van der Waals surface area (Å²) < 4.78 is 9.05. The minimum Gasteiger partial charge on any atom is -0.449 e. The van der Waals surface area contributed by atoms with Crippen LogP contribution in [0.5, 0.6) is 0 Å². The molecule has 1 heterocycles. The third kappa shape index (κ3) is 2.58. The molecular formula is C8H10O7. The van der Waals surface area contributed by atoms with Crippen LogP contribution in [0.4, 0.5) is 0 Å². The van der Waals surface area contributed by atoms with Gasteiger partial charge in [-0.25, -0.2) is 4.79 Å². The molecule has 0 aromatic carbocycles. The predicted octanol–water partition coefficient (Wildman–Crippen LogP) is -2.58. The first-order valence-electron chi connectivity index (χ1n) is 4.19. The number of rotatable bonds is 5. The van der Waals surface area contributed by atoms with E-state index in [-0.39, 0.29) is 13.2 Å². The summed E-state index contributed by atoms with van der Waals surface area (Å²) in [6.07, 6.45) is -4.15. The zero-order chi connectivity index (χ0) is 11.4. The first-order valence-corrected chi connectivity index (χ1v) is 4.19. The van der Waals surface area contributed by atoms with Crippen LogP contribution < -0.4 is 0 Å². The van der Waals surface area contributed by atoms with Crippen LogP contribution in [0.15, 0.2) is 0 Å². The van der Waals surface area contributed by atoms with Gasteiger partial charge in [0.15, 0.2) is 6.10 Å². The standard InChI is InChI=1S/C8H10O7/c9-1-2-14-3-4(10)7-5(11)6(12)8(13)15-7/h1,4,6-7,10,12H,2-3H2. The number of hydrogen-bond acceptors (Lipinski definition) is 7. The molecule has 15 heavy (non-hydrogen) atoms. The number of carbonyl (C=O) groups excluding carboxylic acids is 3. The van der Waals surface area contributed by atoms with Crippen LogP contribution >= 0.6 is 0 Å². The molecule has 3 atom stereocenters. The monoisotopic (exact) mass is 218 g/mol. The van der Waals surface area contributed by atoms with Gasteiger partial charge in [0.05, 0.1) is 6.61 Å². The van der Waals surface area contributed by atoms with Gasteiger partial charge in [-0.15, -0.1) is 0 Å². The van der Waals surface area contributed by atoms with Crippen LogP contribution in [-0.4, -0.2) is 59.8 Å². The molecule has 0 radical (unpaired) electrons. The maximum Gasteiger partial charge on any atom is 0.343 e. The second-order valence-electron chi connectivity index (χ2n) is 2.93. The van der Waals surface area contributed by atoms with E-state index in [0.717, 1.165) is 0 Å². The van der Waals surface area contributed by atoms with Gasteiger partial charge >= 0.3 is 5.97 Å². The number of aliphatic hydroxyl groups is 2. The van der Waals surface area contributed by atoms with E-state index < -0.39 is 30.1 Å². The molecule has 3 unspecified atom stereocenters. The number of ketones is 1. The van der Waals surface area contributed by atoms with Gasteiger partial charge in [0.25, 0.3) is 0 Å². The second-order valence-corrected chi connectivity index (χ2v) is 2.93. The summed E-state index contributed by atoms with van der Waals surface area (Å²) in [5, 5.41) is 18.3. The minimum atomic E-state index is -1.84. The highest BCUT2D eigenvalue weighted by Crippen LogP contribution is 2.14. The topological polar surface area (TPSA) is 110 Å². The number of esters is 1. The quantitative estimate of drug-likeness (QED) is 0.225. The second kappa shape index (κ2) is 4.96. The SMILES string of the molecule is O=CCOCC(O)C1OC(=O)C(O)C1=O. The van der Waals surface area contributed by atoms with E-state index in [1.807, 2.05) is 0 Å². The molecule has 0 aromatic heterocycles. The van der Waals surface area contributed by atoms with Gasteiger partial charge in [-0.3, -0.25) is 4.79 Å². The minimum absolute atomic E-state index is 0.228. The van der Waals surface area contributed by atoms with Crippen molar-refractivity contribution in [3.8, 4) is 0 Å². The van der Waals surface area contributed by atoms with Crippen molar-refractivity contribution in [2.75, 3.05) is 13.2 Å². The van der Waals surface area contributed by atoms with Gasteiger partial charge in [0.2, 0.25) is 11.9 Å². The molecule has 0 saturated carbocycles. The lowest BCUT2D eigenvalue weighted by Gasteiger charge is -2.14. The average molecular weight is 218 g/mol. The normalized spacial score (nSPS) is 27.6. The van der Waals surface area contributed by atoms with E-state index in [1.54, 1.807) is 0 Å². The van der Waals surface area contributed by atoms with Gasteiger partial charge in [0.1, 0.15) is 19.0 Å². The number of Topliss-reactive ketones (excluding diaryl/α,β-unsaturated/α-hetero) is 1. The lowest BCUT2D eigenvalue weighted by Crippen LogP contribution is -2.37. The van der Waals surface area contributed by atoms with Crippen molar-refractivity contribution in [1.29, 1.82) is 0 Å². The van der Waals surface area contributed by atoms with Crippen LogP contribution in [0.1, 0.15) is 0 Å². The molecule has 1 aliphatic rings. The smallest absolute Gasteiger partial charge is 0.343 e. The summed E-state index contributed by atoms with van der Waals surface area (Å²) >= 11 is 0. The molecule has 0 spiro atoms. The summed E-state index contributed by atoms with van der Waals surface area (Å²) in [5.41, 5.74) is 0. The van der Waals surface area contributed by atoms with Gasteiger partial charge < -0.3 is 24.5 Å². The maximum atomic E-state index is 11.1. The average Bonchev–Trinajstić information content (AvgIpc) is 2.46. The van der Waals surface area contributed by atoms with E-state index >= 15 is 0 Å². The van der Waals surface area contributed by atoms with E-state index in [4.69, 9.17) is 5.11 Å². The number of aldehydes is 1. The molecule has 1 saturated heterocycles. The van der Waals surface area contributed by atoms with Crippen molar-refractivity contribution < 1.29 is 34.1 Å². The van der Waals surface area contributed by atoms with E-state index in [9.17, 15) is 19.5 Å². The lowest BCUT2D eigenvalue weighted by molar-refractivity contribution is -0.152. The van der Waals surface area contributed by atoms with Crippen molar-refractivity contribution in [1.82, 2.24) is 0 Å². The van der Waals surface area contributed by atoms with E-state index in [2.05, 4.69) is 9.47 Å². The number of ether oxygens (including phenoxy) is 2. The highest BCUT2D eigenvalue weighted by Gasteiger charge is 2.45. The molecule has 0 aromatic rings. The fraction of sp³-hybridized carbons (Fsp3) is 0.625. The molecule has 1 fully saturated rings. The molecule has 0 aliphatic carbocycles. The van der Waals surface area contributed by atoms with Crippen LogP contribution in [0.2, 0.25) is 0 Å². The van der Waals surface area contributed by atoms with Crippen LogP contribution in [0.25, 0.3) is 0 Å². The molecule has 0 bridgehead atoms. The van der Waals surface area contributed by atoms with Crippen molar-refractivity contribution in [2.24, 2.45) is 0 Å². The zero-order valence-corrected chi connectivity index (χ0v) is 7.66. The Bertz CT molecular complexity index is 274. The van der Waals surface area contributed by atoms with Gasteiger partial charge in [-0.2, -0.15) is 0 Å². The molecule has 84 valence electrons. The van der Waals surface area contributed by atoms with E-state index in [1.165, 1.54) is 0 Å². The number of cyclic esters (lactones) is 1. The Balaban J connectivity index is 2.46. The first-order chi connectivity index (χ1) is 7.07. The molecule has 0 amide bonds. The third-order valence-electron chi connectivity index (χ3n) is 1.84. The Morgan fingerprint density at radius 3 is 2.67 bits per heavy atom. The summed E-state index contributed by atoms with van der Waals surface area (Å²) in [6.45, 7) is -0.552. The molecule has 2 N–H and O–H groups in total. The molecule has 1 aliphatic heterocycles. The van der Waals surface area contributed by atoms with Crippen molar-refractivity contribution >= 4 is 18.0 Å². The first kappa shape index (κ1) is 11.8. The molecular weight excluding hydrogens is 208 g/mol. The maximum absolute atomic E-state index is 11.1. The number of aliphatic hydroxyl groups excluding tert-OH is 2. The predicted molar refractivity (Wildman–Crippen MR) is 43.8 cm³/mol. The summed E-state index contributed by atoms with van der Waals surface area (Å²) in [6, 6.07) is 0. The molecule has 7 heteroatoms. The Morgan fingerprint density at radius 2 is 2.20 bits per heavy atom. The van der Waals surface area contributed by atoms with Crippen molar-refractivity contribution in [3.63, 3.8) is 0 Å². The summed E-state index contributed by atoms with van der Waals surface area (Å²) in [7, 11) is 0. The third-order valence-corrected chi connectivity index (χ3v) is 1.84. The lowest BCUT2D eigenvalue weighted by atomic mass is 10.1. The number of hydrogen-bond donors (Lipinski definition) is 2. The molecule has 7 nitrogen and oxygen atoms in total. The van der Waals surface area contributed by atoms with E-state index in [0.29, 0.717) is 6.29 Å². The highest BCUT2D eigenvalue weighted by atomic mass is 16.6. The van der Waals surface area contributed by atoms with Crippen LogP contribution in [0, 0.1) is 0 Å². The Morgan fingerprint density at radius 1 is 1.53 bits per heavy atom. The van der Waals surface area contributed by atoms with Gasteiger partial charge in [0, 0.05) is 0 Å². The van der Waals surface area contributed by atoms with Crippen LogP contribution in [0.3, 0.4) is 0 Å². The highest BCUT2D eigenvalue weighted by molar-refractivity contribution is 6.09. The number of carbonyl (C=O) groups is 3. The Hall–Kier alpha value is -1.31. The zero-order valence-electron chi connectivity index (χ0n) is 7.66. The fourth-order valence-corrected chi connectivity index (χ4v) is 1.11. The fourth-order valence-electron chi connectivity index (χ4n) is 1.11. The molecule has 1 rings (SSSR count). The largest absolute Gasteiger partial charge is 0.449 e. The van der Waals surface area contributed by atoms with Crippen molar-refractivity contribution in [2.45, 2.75) is 18.3 Å².